The fraction of sp³-hybridized carbons (Fsp3) is 0.0968. The molecule has 0 N–H and O–H groups in total. The van der Waals surface area contributed by atoms with Gasteiger partial charge in [0.1, 0.15) is 0 Å². The van der Waals surface area contributed by atoms with E-state index in [1.807, 2.05) is 0 Å². The topological polar surface area (TPSA) is 6.48 Å². The number of nitrogens with zero attached hydrogens (tertiary/aromatic N) is 2. The van der Waals surface area contributed by atoms with Crippen molar-refractivity contribution in [1.29, 1.82) is 0 Å². The first kappa shape index (κ1) is 38.0. The molecule has 8 aromatic rings. The summed E-state index contributed by atoms with van der Waals surface area (Å²) in [5.74, 6) is 0. The Morgan fingerprint density at radius 3 is 1.88 bits per heavy atom. The maximum atomic E-state index is 2.50. The first-order chi connectivity index (χ1) is 31.6. The molecule has 2 heteroatoms. The van der Waals surface area contributed by atoms with Crippen molar-refractivity contribution in [2.75, 3.05) is 16.3 Å². The van der Waals surface area contributed by atoms with Crippen LogP contribution in [0.5, 0.6) is 0 Å². The Morgan fingerprint density at radius 1 is 0.531 bits per heavy atom. The molecule has 8 aromatic carbocycles. The zero-order chi connectivity index (χ0) is 42.8. The second-order valence-corrected chi connectivity index (χ2v) is 17.5. The van der Waals surface area contributed by atoms with Crippen LogP contribution in [0.2, 0.25) is 0 Å². The number of anilines is 4. The van der Waals surface area contributed by atoms with Gasteiger partial charge in [-0.05, 0) is 141 Å². The number of hydrogen-bond acceptors (Lipinski definition) is 2. The number of benzene rings is 8. The Bertz CT molecular complexity index is 3260. The first-order valence-corrected chi connectivity index (χ1v) is 22.7. The molecule has 0 atom stereocenters. The molecule has 306 valence electrons. The third kappa shape index (κ3) is 5.79. The van der Waals surface area contributed by atoms with E-state index < -0.39 is 5.41 Å². The van der Waals surface area contributed by atoms with E-state index in [2.05, 4.69) is 242 Å². The number of para-hydroxylation sites is 3. The van der Waals surface area contributed by atoms with Gasteiger partial charge in [0.2, 0.25) is 0 Å². The third-order valence-electron chi connectivity index (χ3n) is 14.2. The van der Waals surface area contributed by atoms with Crippen LogP contribution in [0.3, 0.4) is 0 Å². The molecule has 4 aliphatic rings. The molecule has 0 saturated heterocycles. The van der Waals surface area contributed by atoms with Gasteiger partial charge < -0.3 is 9.80 Å². The molecule has 0 radical (unpaired) electrons. The number of rotatable bonds is 6. The van der Waals surface area contributed by atoms with E-state index in [1.165, 1.54) is 112 Å². The molecule has 2 aliphatic heterocycles. The average Bonchev–Trinajstić information content (AvgIpc) is 3.71. The molecule has 2 heterocycles. The molecule has 1 spiro atoms. The van der Waals surface area contributed by atoms with Crippen molar-refractivity contribution in [3.8, 4) is 11.1 Å². The highest BCUT2D eigenvalue weighted by atomic mass is 15.2. The van der Waals surface area contributed by atoms with Crippen molar-refractivity contribution in [2.45, 2.75) is 32.1 Å². The van der Waals surface area contributed by atoms with Gasteiger partial charge in [0.15, 0.2) is 0 Å². The second-order valence-electron chi connectivity index (χ2n) is 17.5. The van der Waals surface area contributed by atoms with Gasteiger partial charge in [0.05, 0.1) is 22.5 Å². The predicted octanol–water partition coefficient (Wildman–Crippen LogP) is 16.0. The smallest absolute Gasteiger partial charge is 0.0685 e. The summed E-state index contributed by atoms with van der Waals surface area (Å²) in [5.41, 5.74) is 22.6. The highest BCUT2D eigenvalue weighted by Gasteiger charge is 2.51. The average molecular weight is 821 g/mol. The van der Waals surface area contributed by atoms with Gasteiger partial charge in [0.25, 0.3) is 0 Å². The fourth-order valence-corrected chi connectivity index (χ4v) is 11.3. The van der Waals surface area contributed by atoms with Crippen LogP contribution in [0.15, 0.2) is 205 Å². The summed E-state index contributed by atoms with van der Waals surface area (Å²) < 4.78 is 0. The standard InChI is InChI=1S/C62H48N2/c1-3-48(63-40-16-20-45-17-4-13-27-58(45)63)36-38-49-42(2)62(55-25-11-9-22-51(55)52-23-10-12-26-56(52)62)57-41-43(31-37-53(49)57)30-32-44-35-39-61(54-24-8-7-21-50(44)54)64-59-28-14-5-18-46(59)33-34-47-19-6-15-29-60(47)64/h3-15,17-19,21-39,41H,16,20,40H2,1-2H3/b32-30+,38-36-,48-3+. The Morgan fingerprint density at radius 2 is 1.16 bits per heavy atom. The summed E-state index contributed by atoms with van der Waals surface area (Å²) in [6.07, 6.45) is 18.4. The number of allylic oxidation sites excluding steroid dienone is 5. The maximum Gasteiger partial charge on any atom is 0.0685 e. The first-order valence-electron chi connectivity index (χ1n) is 22.7. The summed E-state index contributed by atoms with van der Waals surface area (Å²) in [7, 11) is 0. The largest absolute Gasteiger partial charge is 0.342 e. The summed E-state index contributed by atoms with van der Waals surface area (Å²) in [5, 5.41) is 2.44. The molecule has 0 saturated carbocycles. The normalized spacial score (nSPS) is 15.7. The molecule has 0 aromatic heterocycles. The van der Waals surface area contributed by atoms with Gasteiger partial charge in [-0.25, -0.2) is 0 Å². The van der Waals surface area contributed by atoms with Crippen LogP contribution in [-0.2, 0) is 11.8 Å². The zero-order valence-corrected chi connectivity index (χ0v) is 36.3. The van der Waals surface area contributed by atoms with Crippen molar-refractivity contribution in [3.63, 3.8) is 0 Å². The maximum absolute atomic E-state index is 2.50. The molecular weight excluding hydrogens is 773 g/mol. The number of aryl methyl sites for hydroxylation is 1. The Kier molecular flexibility index (Phi) is 9.09. The lowest BCUT2D eigenvalue weighted by atomic mass is 9.70. The van der Waals surface area contributed by atoms with E-state index in [4.69, 9.17) is 0 Å². The number of fused-ring (bicyclic) bond motifs is 11. The summed E-state index contributed by atoms with van der Waals surface area (Å²) in [6, 6.07) is 65.1. The zero-order valence-electron chi connectivity index (χ0n) is 36.3. The van der Waals surface area contributed by atoms with Crippen molar-refractivity contribution in [1.82, 2.24) is 0 Å². The molecule has 0 unspecified atom stereocenters. The van der Waals surface area contributed by atoms with Crippen LogP contribution in [-0.4, -0.2) is 6.54 Å². The van der Waals surface area contributed by atoms with Gasteiger partial charge in [0, 0.05) is 23.3 Å². The lowest BCUT2D eigenvalue weighted by Gasteiger charge is -2.32. The molecule has 2 nitrogen and oxygen atoms in total. The summed E-state index contributed by atoms with van der Waals surface area (Å²) in [4.78, 5) is 4.94. The third-order valence-corrected chi connectivity index (χ3v) is 14.2. The van der Waals surface area contributed by atoms with E-state index in [9.17, 15) is 0 Å². The minimum atomic E-state index is -0.400. The molecule has 0 amide bonds. The SMILES string of the molecule is C/C=C(\C=C/C1=C(C)C2(c3cc(/C=C/c4ccc(N5c6ccccc6C=Cc6ccccc65)c5ccccc45)ccc31)c1ccccc1-c1ccccc12)N1CCCc2ccccc21. The van der Waals surface area contributed by atoms with Gasteiger partial charge in [-0.15, -0.1) is 0 Å². The van der Waals surface area contributed by atoms with Crippen LogP contribution in [0.4, 0.5) is 22.7 Å². The lowest BCUT2D eigenvalue weighted by molar-refractivity contribution is 0.750. The molecule has 0 fully saturated rings. The van der Waals surface area contributed by atoms with Crippen LogP contribution in [0, 0.1) is 0 Å². The van der Waals surface area contributed by atoms with E-state index in [0.29, 0.717) is 0 Å². The van der Waals surface area contributed by atoms with E-state index in [-0.39, 0.29) is 0 Å². The molecule has 64 heavy (non-hydrogen) atoms. The van der Waals surface area contributed by atoms with Gasteiger partial charge in [-0.3, -0.25) is 0 Å². The van der Waals surface area contributed by atoms with E-state index in [0.717, 1.165) is 19.4 Å². The summed E-state index contributed by atoms with van der Waals surface area (Å²) in [6.45, 7) is 5.57. The van der Waals surface area contributed by atoms with Crippen molar-refractivity contribution < 1.29 is 0 Å². The quantitative estimate of drug-likeness (QED) is 0.122. The van der Waals surface area contributed by atoms with E-state index in [1.54, 1.807) is 0 Å². The van der Waals surface area contributed by atoms with Crippen molar-refractivity contribution in [2.24, 2.45) is 0 Å². The Balaban J connectivity index is 0.974. The van der Waals surface area contributed by atoms with Gasteiger partial charge in [-0.1, -0.05) is 182 Å². The summed E-state index contributed by atoms with van der Waals surface area (Å²) >= 11 is 0. The Labute approximate surface area is 376 Å². The van der Waals surface area contributed by atoms with Crippen LogP contribution < -0.4 is 9.80 Å². The highest BCUT2D eigenvalue weighted by Crippen LogP contribution is 2.62. The minimum Gasteiger partial charge on any atom is -0.342 e. The fourth-order valence-electron chi connectivity index (χ4n) is 11.3. The van der Waals surface area contributed by atoms with Crippen molar-refractivity contribution in [3.05, 3.63) is 255 Å². The van der Waals surface area contributed by atoms with Gasteiger partial charge in [-0.2, -0.15) is 0 Å². The molecule has 0 bridgehead atoms. The second kappa shape index (κ2) is 15.3. The van der Waals surface area contributed by atoms with Crippen LogP contribution in [0.25, 0.3) is 51.8 Å². The van der Waals surface area contributed by atoms with Crippen LogP contribution >= 0.6 is 0 Å². The predicted molar refractivity (Wildman–Crippen MR) is 272 cm³/mol. The van der Waals surface area contributed by atoms with Gasteiger partial charge >= 0.3 is 0 Å². The molecule has 12 rings (SSSR count). The van der Waals surface area contributed by atoms with E-state index >= 15 is 0 Å². The molecular formula is C62H48N2. The molecule has 2 aliphatic carbocycles. The van der Waals surface area contributed by atoms with Crippen LogP contribution in [0.1, 0.15) is 70.3 Å². The Hall–Kier alpha value is -7.68. The highest BCUT2D eigenvalue weighted by molar-refractivity contribution is 6.06. The van der Waals surface area contributed by atoms with Crippen molar-refractivity contribution >= 4 is 63.4 Å². The minimum absolute atomic E-state index is 0.400. The number of hydrogen-bond donors (Lipinski definition) is 0. The lowest BCUT2D eigenvalue weighted by Crippen LogP contribution is -2.27. The monoisotopic (exact) mass is 820 g/mol.